The number of alkyl halides is 3. The Balaban J connectivity index is 0.00000392. The van der Waals surface area contributed by atoms with E-state index in [1.807, 2.05) is 6.07 Å². The van der Waals surface area contributed by atoms with Crippen molar-refractivity contribution in [3.05, 3.63) is 47.4 Å². The molecule has 1 amide bonds. The van der Waals surface area contributed by atoms with Gasteiger partial charge < -0.3 is 5.73 Å². The lowest BCUT2D eigenvalue weighted by Gasteiger charge is -2.14. The van der Waals surface area contributed by atoms with Gasteiger partial charge in [-0.05, 0) is 44.6 Å². The Kier molecular flexibility index (Phi) is 8.35. The molecule has 2 N–H and O–H groups in total. The molecule has 0 atom stereocenters. The molecule has 28 heavy (non-hydrogen) atoms. The van der Waals surface area contributed by atoms with Crippen LogP contribution in [0.2, 0.25) is 0 Å². The molecule has 1 aromatic carbocycles. The highest BCUT2D eigenvalue weighted by Crippen LogP contribution is 2.31. The zero-order valence-electron chi connectivity index (χ0n) is 15.0. The van der Waals surface area contributed by atoms with Crippen LogP contribution >= 0.6 is 12.4 Å². The minimum atomic E-state index is -4.46. The van der Waals surface area contributed by atoms with Crippen molar-refractivity contribution >= 4 is 18.3 Å². The fourth-order valence-corrected chi connectivity index (χ4v) is 2.55. The molecule has 6 nitrogen and oxygen atoms in total. The van der Waals surface area contributed by atoms with Gasteiger partial charge in [-0.1, -0.05) is 12.1 Å². The summed E-state index contributed by atoms with van der Waals surface area (Å²) in [4.78, 5) is 20.7. The zero-order chi connectivity index (χ0) is 20.0. The zero-order valence-corrected chi connectivity index (χ0v) is 15.8. The van der Waals surface area contributed by atoms with Crippen LogP contribution in [0.25, 0.3) is 11.3 Å². The molecule has 2 rings (SSSR count). The van der Waals surface area contributed by atoms with E-state index in [-0.39, 0.29) is 36.0 Å². The van der Waals surface area contributed by atoms with Crippen LogP contribution in [0.5, 0.6) is 0 Å². The van der Waals surface area contributed by atoms with Gasteiger partial charge in [0.2, 0.25) is 11.7 Å². The Morgan fingerprint density at radius 2 is 2.00 bits per heavy atom. The summed E-state index contributed by atoms with van der Waals surface area (Å²) in [5.74, 6) is -0.538. The number of rotatable bonds is 7. The quantitative estimate of drug-likeness (QED) is 0.753. The second kappa shape index (κ2) is 10.0. The van der Waals surface area contributed by atoms with E-state index in [0.29, 0.717) is 25.1 Å². The Labute approximate surface area is 166 Å². The SMILES string of the molecule is CN(CCCc1cc(-c2cccc(C(F)(F)F)c2)nc(C#N)n1)CC(N)=O.Cl. The third-order valence-electron chi connectivity index (χ3n) is 3.76. The summed E-state index contributed by atoms with van der Waals surface area (Å²) in [6.45, 7) is 0.705. The first-order valence-corrected chi connectivity index (χ1v) is 8.11. The van der Waals surface area contributed by atoms with Crippen molar-refractivity contribution in [3.8, 4) is 17.3 Å². The van der Waals surface area contributed by atoms with Crippen LogP contribution in [0.15, 0.2) is 30.3 Å². The highest BCUT2D eigenvalue weighted by atomic mass is 35.5. The number of benzene rings is 1. The topological polar surface area (TPSA) is 95.9 Å². The van der Waals surface area contributed by atoms with E-state index in [2.05, 4.69) is 9.97 Å². The molecule has 10 heteroatoms. The van der Waals surface area contributed by atoms with Gasteiger partial charge in [-0.2, -0.15) is 18.4 Å². The Morgan fingerprint density at radius 1 is 1.29 bits per heavy atom. The molecule has 0 bridgehead atoms. The first-order valence-electron chi connectivity index (χ1n) is 8.11. The number of nitrogens with zero attached hydrogens (tertiary/aromatic N) is 4. The highest BCUT2D eigenvalue weighted by molar-refractivity contribution is 5.85. The highest BCUT2D eigenvalue weighted by Gasteiger charge is 2.30. The van der Waals surface area contributed by atoms with Crippen LogP contribution in [-0.2, 0) is 17.4 Å². The molecule has 1 aromatic heterocycles. The van der Waals surface area contributed by atoms with Gasteiger partial charge in [0.1, 0.15) is 6.07 Å². The molecule has 0 saturated carbocycles. The molecular weight excluding hydrogens is 395 g/mol. The number of nitriles is 1. The summed E-state index contributed by atoms with van der Waals surface area (Å²) in [5, 5.41) is 9.12. The maximum absolute atomic E-state index is 12.9. The van der Waals surface area contributed by atoms with Crippen LogP contribution in [0.4, 0.5) is 13.2 Å². The maximum atomic E-state index is 12.9. The number of carbonyl (C=O) groups excluding carboxylic acids is 1. The second-order valence-electron chi connectivity index (χ2n) is 6.07. The summed E-state index contributed by atoms with van der Waals surface area (Å²) in [6.07, 6.45) is -3.35. The van der Waals surface area contributed by atoms with E-state index < -0.39 is 17.6 Å². The number of likely N-dealkylation sites (N-methyl/N-ethyl adjacent to an activating group) is 1. The van der Waals surface area contributed by atoms with E-state index in [4.69, 9.17) is 11.0 Å². The van der Waals surface area contributed by atoms with Gasteiger partial charge in [-0.25, -0.2) is 9.97 Å². The molecule has 2 aromatic rings. The van der Waals surface area contributed by atoms with Crippen molar-refractivity contribution < 1.29 is 18.0 Å². The number of hydrogen-bond donors (Lipinski definition) is 1. The standard InChI is InChI=1S/C18H18F3N5O.ClH/c1-26(11-16(23)27)7-3-6-14-9-15(25-17(10-22)24-14)12-4-2-5-13(8-12)18(19,20)21;/h2,4-5,8-9H,3,6-7,11H2,1H3,(H2,23,27);1H. The molecule has 0 aliphatic heterocycles. The molecule has 0 unspecified atom stereocenters. The predicted octanol–water partition coefficient (Wildman–Crippen LogP) is 2.81. The van der Waals surface area contributed by atoms with E-state index in [0.717, 1.165) is 12.1 Å². The Bertz CT molecular complexity index is 867. The predicted molar refractivity (Wildman–Crippen MR) is 99.4 cm³/mol. The number of amides is 1. The average Bonchev–Trinajstić information content (AvgIpc) is 2.60. The Morgan fingerprint density at radius 3 is 2.61 bits per heavy atom. The molecular formula is C18H19ClF3N5O. The normalized spacial score (nSPS) is 11.0. The maximum Gasteiger partial charge on any atom is 0.416 e. The summed E-state index contributed by atoms with van der Waals surface area (Å²) < 4.78 is 38.8. The summed E-state index contributed by atoms with van der Waals surface area (Å²) in [6, 6.07) is 8.18. The van der Waals surface area contributed by atoms with E-state index in [9.17, 15) is 18.0 Å². The number of carbonyl (C=O) groups is 1. The Hall–Kier alpha value is -2.70. The third-order valence-corrected chi connectivity index (χ3v) is 3.76. The van der Waals surface area contributed by atoms with Crippen molar-refractivity contribution in [1.82, 2.24) is 14.9 Å². The minimum Gasteiger partial charge on any atom is -0.369 e. The molecule has 0 aliphatic rings. The molecule has 150 valence electrons. The summed E-state index contributed by atoms with van der Waals surface area (Å²) in [7, 11) is 1.75. The monoisotopic (exact) mass is 413 g/mol. The van der Waals surface area contributed by atoms with Gasteiger partial charge in [0.05, 0.1) is 17.8 Å². The summed E-state index contributed by atoms with van der Waals surface area (Å²) in [5.41, 5.74) is 5.40. The smallest absolute Gasteiger partial charge is 0.369 e. The first-order chi connectivity index (χ1) is 12.7. The molecule has 0 spiro atoms. The van der Waals surface area contributed by atoms with Gasteiger partial charge in [0, 0.05) is 11.3 Å². The van der Waals surface area contributed by atoms with Crippen LogP contribution < -0.4 is 5.73 Å². The second-order valence-corrected chi connectivity index (χ2v) is 6.07. The molecule has 0 fully saturated rings. The average molecular weight is 414 g/mol. The lowest BCUT2D eigenvalue weighted by atomic mass is 10.1. The number of primary amides is 1. The number of aromatic nitrogens is 2. The van der Waals surface area contributed by atoms with Crippen molar-refractivity contribution in [3.63, 3.8) is 0 Å². The fourth-order valence-electron chi connectivity index (χ4n) is 2.55. The number of nitrogens with two attached hydrogens (primary N) is 1. The molecule has 0 radical (unpaired) electrons. The van der Waals surface area contributed by atoms with E-state index in [1.165, 1.54) is 12.1 Å². The van der Waals surface area contributed by atoms with Crippen molar-refractivity contribution in [2.24, 2.45) is 5.73 Å². The number of hydrogen-bond acceptors (Lipinski definition) is 5. The van der Waals surface area contributed by atoms with Gasteiger partial charge >= 0.3 is 6.18 Å². The largest absolute Gasteiger partial charge is 0.416 e. The first kappa shape index (κ1) is 23.3. The van der Waals surface area contributed by atoms with Gasteiger partial charge in [-0.3, -0.25) is 9.69 Å². The van der Waals surface area contributed by atoms with Crippen LogP contribution in [-0.4, -0.2) is 40.9 Å². The molecule has 1 heterocycles. The van der Waals surface area contributed by atoms with Crippen LogP contribution in [0, 0.1) is 11.3 Å². The number of halogens is 4. The lowest BCUT2D eigenvalue weighted by Crippen LogP contribution is -2.31. The third kappa shape index (κ3) is 6.79. The van der Waals surface area contributed by atoms with E-state index >= 15 is 0 Å². The lowest BCUT2D eigenvalue weighted by molar-refractivity contribution is -0.137. The van der Waals surface area contributed by atoms with Gasteiger partial charge in [-0.15, -0.1) is 12.4 Å². The fraction of sp³-hybridized carbons (Fsp3) is 0.333. The van der Waals surface area contributed by atoms with Crippen molar-refractivity contribution in [2.75, 3.05) is 20.1 Å². The molecule has 0 aliphatic carbocycles. The summed E-state index contributed by atoms with van der Waals surface area (Å²) >= 11 is 0. The van der Waals surface area contributed by atoms with Crippen LogP contribution in [0.1, 0.15) is 23.5 Å². The van der Waals surface area contributed by atoms with E-state index in [1.54, 1.807) is 18.0 Å². The number of aryl methyl sites for hydroxylation is 1. The van der Waals surface area contributed by atoms with Crippen molar-refractivity contribution in [2.45, 2.75) is 19.0 Å². The van der Waals surface area contributed by atoms with Gasteiger partial charge in [0.15, 0.2) is 0 Å². The molecule has 0 saturated heterocycles. The van der Waals surface area contributed by atoms with Crippen LogP contribution in [0.3, 0.4) is 0 Å². The van der Waals surface area contributed by atoms with Gasteiger partial charge in [0.25, 0.3) is 0 Å². The van der Waals surface area contributed by atoms with Crippen molar-refractivity contribution in [1.29, 1.82) is 5.26 Å². The minimum absolute atomic E-state index is 0.